The van der Waals surface area contributed by atoms with E-state index in [1.54, 1.807) is 12.1 Å². The molecule has 0 unspecified atom stereocenters. The number of anilines is 2. The molecular formula is C13H11ClN2O3. The standard InChI is InChI=1S/C13H11ClN2O3/c14-9-6-7(4-5-10(9)15)16-13(19)8-2-1-3-11(17)12(8)18/h1-6,17-18H,15H2,(H,16,19). The van der Waals surface area contributed by atoms with Gasteiger partial charge in [-0.1, -0.05) is 17.7 Å². The van der Waals surface area contributed by atoms with Gasteiger partial charge >= 0.3 is 0 Å². The lowest BCUT2D eigenvalue weighted by molar-refractivity contribution is 0.102. The first-order valence-electron chi connectivity index (χ1n) is 5.36. The average molecular weight is 279 g/mol. The largest absolute Gasteiger partial charge is 0.504 e. The van der Waals surface area contributed by atoms with Crippen LogP contribution in [0, 0.1) is 0 Å². The van der Waals surface area contributed by atoms with Gasteiger partial charge in [0, 0.05) is 5.69 Å². The highest BCUT2D eigenvalue weighted by atomic mass is 35.5. The van der Waals surface area contributed by atoms with E-state index in [9.17, 15) is 15.0 Å². The number of nitrogens with two attached hydrogens (primary N) is 1. The van der Waals surface area contributed by atoms with E-state index in [4.69, 9.17) is 17.3 Å². The van der Waals surface area contributed by atoms with Crippen molar-refractivity contribution in [2.24, 2.45) is 0 Å². The summed E-state index contributed by atoms with van der Waals surface area (Å²) in [6.07, 6.45) is 0. The second-order valence-corrected chi connectivity index (χ2v) is 4.27. The van der Waals surface area contributed by atoms with Crippen molar-refractivity contribution in [2.45, 2.75) is 0 Å². The molecule has 0 heterocycles. The highest BCUT2D eigenvalue weighted by Gasteiger charge is 2.14. The number of nitrogens with one attached hydrogen (secondary N) is 1. The molecule has 5 N–H and O–H groups in total. The van der Waals surface area contributed by atoms with Crippen molar-refractivity contribution in [1.29, 1.82) is 0 Å². The molecule has 0 spiro atoms. The molecule has 0 radical (unpaired) electrons. The van der Waals surface area contributed by atoms with Crippen molar-refractivity contribution in [3.63, 3.8) is 0 Å². The molecule has 2 aromatic rings. The Kier molecular flexibility index (Phi) is 3.48. The predicted octanol–water partition coefficient (Wildman–Crippen LogP) is 2.59. The van der Waals surface area contributed by atoms with E-state index < -0.39 is 11.7 Å². The second-order valence-electron chi connectivity index (χ2n) is 3.86. The quantitative estimate of drug-likeness (QED) is 0.501. The van der Waals surface area contributed by atoms with Gasteiger partial charge in [-0.2, -0.15) is 0 Å². The second kappa shape index (κ2) is 5.07. The normalized spacial score (nSPS) is 10.2. The van der Waals surface area contributed by atoms with E-state index >= 15 is 0 Å². The maximum Gasteiger partial charge on any atom is 0.259 e. The van der Waals surface area contributed by atoms with Gasteiger partial charge in [0.25, 0.3) is 5.91 Å². The van der Waals surface area contributed by atoms with Gasteiger partial charge in [-0.15, -0.1) is 0 Å². The molecule has 2 rings (SSSR count). The lowest BCUT2D eigenvalue weighted by atomic mass is 10.1. The molecule has 0 aromatic heterocycles. The first kappa shape index (κ1) is 13.0. The number of aromatic hydroxyl groups is 2. The number of nitrogen functional groups attached to an aromatic ring is 1. The Labute approximate surface area is 114 Å². The zero-order valence-corrected chi connectivity index (χ0v) is 10.5. The Balaban J connectivity index is 2.26. The highest BCUT2D eigenvalue weighted by molar-refractivity contribution is 6.33. The summed E-state index contributed by atoms with van der Waals surface area (Å²) in [5, 5.41) is 21.8. The third-order valence-corrected chi connectivity index (χ3v) is 2.84. The molecule has 0 fully saturated rings. The molecule has 0 aliphatic heterocycles. The summed E-state index contributed by atoms with van der Waals surface area (Å²) in [4.78, 5) is 11.9. The molecule has 0 atom stereocenters. The third-order valence-electron chi connectivity index (χ3n) is 2.52. The van der Waals surface area contributed by atoms with Crippen LogP contribution < -0.4 is 11.1 Å². The smallest absolute Gasteiger partial charge is 0.259 e. The summed E-state index contributed by atoms with van der Waals surface area (Å²) < 4.78 is 0. The van der Waals surface area contributed by atoms with Crippen LogP contribution in [0.4, 0.5) is 11.4 Å². The lowest BCUT2D eigenvalue weighted by Gasteiger charge is -2.08. The minimum absolute atomic E-state index is 0.0343. The van der Waals surface area contributed by atoms with Crippen LogP contribution in [0.2, 0.25) is 5.02 Å². The molecular weight excluding hydrogens is 268 g/mol. The first-order valence-corrected chi connectivity index (χ1v) is 5.74. The molecule has 19 heavy (non-hydrogen) atoms. The fourth-order valence-electron chi connectivity index (χ4n) is 1.52. The lowest BCUT2D eigenvalue weighted by Crippen LogP contribution is -2.12. The van der Waals surface area contributed by atoms with Crippen LogP contribution in [0.3, 0.4) is 0 Å². The summed E-state index contributed by atoms with van der Waals surface area (Å²) >= 11 is 5.83. The van der Waals surface area contributed by atoms with Gasteiger partial charge in [0.15, 0.2) is 11.5 Å². The molecule has 6 heteroatoms. The third kappa shape index (κ3) is 2.71. The Hall–Kier alpha value is -2.40. The molecule has 0 aliphatic carbocycles. The molecule has 5 nitrogen and oxygen atoms in total. The monoisotopic (exact) mass is 278 g/mol. The maximum absolute atomic E-state index is 11.9. The summed E-state index contributed by atoms with van der Waals surface area (Å²) in [6, 6.07) is 8.77. The number of phenols is 2. The number of benzene rings is 2. The van der Waals surface area contributed by atoms with Crippen molar-refractivity contribution >= 4 is 28.9 Å². The van der Waals surface area contributed by atoms with Gasteiger partial charge in [0.05, 0.1) is 16.3 Å². The molecule has 0 saturated heterocycles. The Morgan fingerprint density at radius 2 is 1.95 bits per heavy atom. The van der Waals surface area contributed by atoms with Gasteiger partial charge in [-0.25, -0.2) is 0 Å². The average Bonchev–Trinajstić information content (AvgIpc) is 2.37. The van der Waals surface area contributed by atoms with Crippen LogP contribution in [0.5, 0.6) is 11.5 Å². The predicted molar refractivity (Wildman–Crippen MR) is 73.6 cm³/mol. The number of carbonyl (C=O) groups excluding carboxylic acids is 1. The van der Waals surface area contributed by atoms with Crippen LogP contribution in [0.25, 0.3) is 0 Å². The Morgan fingerprint density at radius 1 is 1.21 bits per heavy atom. The van der Waals surface area contributed by atoms with Crippen molar-refractivity contribution in [2.75, 3.05) is 11.1 Å². The fraction of sp³-hybridized carbons (Fsp3) is 0. The Bertz CT molecular complexity index is 644. The molecule has 2 aromatic carbocycles. The summed E-state index contributed by atoms with van der Waals surface area (Å²) in [7, 11) is 0. The molecule has 0 saturated carbocycles. The molecule has 98 valence electrons. The zero-order chi connectivity index (χ0) is 14.0. The number of phenolic OH excluding ortho intramolecular Hbond substituents is 2. The summed E-state index contributed by atoms with van der Waals surface area (Å²) in [6.45, 7) is 0. The zero-order valence-electron chi connectivity index (χ0n) is 9.72. The minimum atomic E-state index is -0.561. The number of carbonyl (C=O) groups is 1. The number of rotatable bonds is 2. The minimum Gasteiger partial charge on any atom is -0.504 e. The number of halogens is 1. The van der Waals surface area contributed by atoms with Gasteiger partial charge < -0.3 is 21.3 Å². The number of amides is 1. The number of hydrogen-bond donors (Lipinski definition) is 4. The SMILES string of the molecule is Nc1ccc(NC(=O)c2cccc(O)c2O)cc1Cl. The first-order chi connectivity index (χ1) is 8.99. The van der Waals surface area contributed by atoms with E-state index in [-0.39, 0.29) is 11.3 Å². The number of para-hydroxylation sites is 1. The van der Waals surface area contributed by atoms with E-state index in [1.165, 1.54) is 24.3 Å². The molecule has 1 amide bonds. The van der Waals surface area contributed by atoms with Crippen molar-refractivity contribution in [1.82, 2.24) is 0 Å². The highest BCUT2D eigenvalue weighted by Crippen LogP contribution is 2.29. The van der Waals surface area contributed by atoms with E-state index in [1.807, 2.05) is 0 Å². The summed E-state index contributed by atoms with van der Waals surface area (Å²) in [5.74, 6) is -1.39. The fourth-order valence-corrected chi connectivity index (χ4v) is 1.70. The van der Waals surface area contributed by atoms with E-state index in [0.29, 0.717) is 16.4 Å². The van der Waals surface area contributed by atoms with Gasteiger partial charge in [0.1, 0.15) is 0 Å². The van der Waals surface area contributed by atoms with E-state index in [2.05, 4.69) is 5.32 Å². The molecule has 0 bridgehead atoms. The van der Waals surface area contributed by atoms with Crippen LogP contribution in [0.1, 0.15) is 10.4 Å². The van der Waals surface area contributed by atoms with Gasteiger partial charge in [0.2, 0.25) is 0 Å². The van der Waals surface area contributed by atoms with Crippen LogP contribution >= 0.6 is 11.6 Å². The number of hydrogen-bond acceptors (Lipinski definition) is 4. The Morgan fingerprint density at radius 3 is 2.63 bits per heavy atom. The summed E-state index contributed by atoms with van der Waals surface area (Å²) in [5.41, 5.74) is 6.36. The van der Waals surface area contributed by atoms with E-state index in [0.717, 1.165) is 0 Å². The van der Waals surface area contributed by atoms with Gasteiger partial charge in [-0.3, -0.25) is 4.79 Å². The maximum atomic E-state index is 11.9. The van der Waals surface area contributed by atoms with Crippen molar-refractivity contribution in [3.05, 3.63) is 47.0 Å². The van der Waals surface area contributed by atoms with Gasteiger partial charge in [-0.05, 0) is 30.3 Å². The van der Waals surface area contributed by atoms with Crippen molar-refractivity contribution < 1.29 is 15.0 Å². The topological polar surface area (TPSA) is 95.6 Å². The van der Waals surface area contributed by atoms with Crippen LogP contribution in [-0.2, 0) is 0 Å². The van der Waals surface area contributed by atoms with Crippen LogP contribution in [-0.4, -0.2) is 16.1 Å². The van der Waals surface area contributed by atoms with Crippen molar-refractivity contribution in [3.8, 4) is 11.5 Å². The molecule has 0 aliphatic rings. The van der Waals surface area contributed by atoms with Crippen LogP contribution in [0.15, 0.2) is 36.4 Å².